The minimum atomic E-state index is -0.558. The minimum absolute atomic E-state index is 0.128. The standard InChI is InChI=1S/C24H25NO5/c1-5-22(27)25-24(17-11-12-19(28-3)21(14-17)29-4)23-18-9-7-6-8-16(18)10-13-20(23)30-15(2)26/h6-14,24H,5H2,1-4H3,(H,25,27)/t24-/m1/s1. The average molecular weight is 407 g/mol. The molecule has 6 nitrogen and oxygen atoms in total. The summed E-state index contributed by atoms with van der Waals surface area (Å²) in [5, 5.41) is 4.92. The van der Waals surface area contributed by atoms with E-state index in [-0.39, 0.29) is 5.91 Å². The molecule has 0 bridgehead atoms. The maximum absolute atomic E-state index is 12.4. The Hall–Kier alpha value is -3.54. The third-order valence-electron chi connectivity index (χ3n) is 4.84. The number of hydrogen-bond acceptors (Lipinski definition) is 5. The highest BCUT2D eigenvalue weighted by molar-refractivity contribution is 5.90. The van der Waals surface area contributed by atoms with Crippen molar-refractivity contribution in [1.82, 2.24) is 5.32 Å². The average Bonchev–Trinajstić information content (AvgIpc) is 2.76. The van der Waals surface area contributed by atoms with Gasteiger partial charge >= 0.3 is 5.97 Å². The Labute approximate surface area is 175 Å². The third kappa shape index (κ3) is 4.38. The number of esters is 1. The molecule has 0 aliphatic carbocycles. The van der Waals surface area contributed by atoms with Gasteiger partial charge in [-0.05, 0) is 34.5 Å². The number of carbonyl (C=O) groups is 2. The van der Waals surface area contributed by atoms with Crippen molar-refractivity contribution in [2.75, 3.05) is 14.2 Å². The number of nitrogens with one attached hydrogen (secondary N) is 1. The van der Waals surface area contributed by atoms with Gasteiger partial charge in [-0.25, -0.2) is 0 Å². The Morgan fingerprint density at radius 3 is 2.30 bits per heavy atom. The van der Waals surface area contributed by atoms with Crippen LogP contribution in [0.2, 0.25) is 0 Å². The van der Waals surface area contributed by atoms with Gasteiger partial charge in [-0.15, -0.1) is 0 Å². The molecule has 0 aliphatic rings. The molecule has 0 saturated heterocycles. The van der Waals surface area contributed by atoms with E-state index in [0.717, 1.165) is 16.3 Å². The first kappa shape index (κ1) is 21.2. The summed E-state index contributed by atoms with van der Waals surface area (Å²) in [4.78, 5) is 24.2. The molecule has 0 heterocycles. The topological polar surface area (TPSA) is 73.9 Å². The molecule has 0 spiro atoms. The van der Waals surface area contributed by atoms with Gasteiger partial charge in [0.15, 0.2) is 11.5 Å². The van der Waals surface area contributed by atoms with Gasteiger partial charge in [-0.1, -0.05) is 43.3 Å². The lowest BCUT2D eigenvalue weighted by Gasteiger charge is -2.24. The monoisotopic (exact) mass is 407 g/mol. The molecule has 3 aromatic rings. The summed E-state index contributed by atoms with van der Waals surface area (Å²) in [7, 11) is 3.13. The van der Waals surface area contributed by atoms with Gasteiger partial charge in [0.05, 0.1) is 20.3 Å². The molecule has 0 aliphatic heterocycles. The normalized spacial score (nSPS) is 11.6. The lowest BCUT2D eigenvalue weighted by molar-refractivity contribution is -0.131. The van der Waals surface area contributed by atoms with E-state index in [1.165, 1.54) is 6.92 Å². The number of rotatable bonds is 7. The number of hydrogen-bond donors (Lipinski definition) is 1. The molecule has 6 heteroatoms. The highest BCUT2D eigenvalue weighted by Crippen LogP contribution is 2.39. The Bertz CT molecular complexity index is 1080. The summed E-state index contributed by atoms with van der Waals surface area (Å²) < 4.78 is 16.3. The molecular formula is C24H25NO5. The van der Waals surface area contributed by atoms with Crippen molar-refractivity contribution in [3.63, 3.8) is 0 Å². The number of benzene rings is 3. The van der Waals surface area contributed by atoms with Crippen LogP contribution in [-0.2, 0) is 9.59 Å². The van der Waals surface area contributed by atoms with E-state index in [1.807, 2.05) is 42.5 Å². The highest BCUT2D eigenvalue weighted by atomic mass is 16.5. The van der Waals surface area contributed by atoms with Gasteiger partial charge in [0, 0.05) is 18.9 Å². The summed E-state index contributed by atoms with van der Waals surface area (Å²) in [5.74, 6) is 0.966. The molecule has 1 amide bonds. The van der Waals surface area contributed by atoms with E-state index in [2.05, 4.69) is 5.32 Å². The zero-order valence-electron chi connectivity index (χ0n) is 17.5. The van der Waals surface area contributed by atoms with Crippen LogP contribution in [0, 0.1) is 0 Å². The molecule has 0 radical (unpaired) electrons. The van der Waals surface area contributed by atoms with Crippen molar-refractivity contribution in [2.45, 2.75) is 26.3 Å². The SMILES string of the molecule is CCC(=O)N[C@H](c1ccc(OC)c(OC)c1)c1c(OC(C)=O)ccc2ccccc12. The van der Waals surface area contributed by atoms with Crippen molar-refractivity contribution in [1.29, 1.82) is 0 Å². The Morgan fingerprint density at radius 2 is 1.63 bits per heavy atom. The lowest BCUT2D eigenvalue weighted by Crippen LogP contribution is -2.29. The van der Waals surface area contributed by atoms with Crippen LogP contribution in [0.3, 0.4) is 0 Å². The second kappa shape index (κ2) is 9.31. The van der Waals surface area contributed by atoms with Crippen LogP contribution < -0.4 is 19.5 Å². The maximum atomic E-state index is 12.4. The van der Waals surface area contributed by atoms with Gasteiger partial charge in [0.2, 0.25) is 5.91 Å². The van der Waals surface area contributed by atoms with Gasteiger partial charge in [0.25, 0.3) is 0 Å². The van der Waals surface area contributed by atoms with Crippen molar-refractivity contribution >= 4 is 22.6 Å². The second-order valence-electron chi connectivity index (χ2n) is 6.76. The minimum Gasteiger partial charge on any atom is -0.493 e. The van der Waals surface area contributed by atoms with Crippen LogP contribution in [0.1, 0.15) is 37.4 Å². The molecule has 30 heavy (non-hydrogen) atoms. The van der Waals surface area contributed by atoms with Crippen molar-refractivity contribution in [3.8, 4) is 17.2 Å². The quantitative estimate of drug-likeness (QED) is 0.464. The number of amides is 1. The van der Waals surface area contributed by atoms with Crippen LogP contribution in [0.25, 0.3) is 10.8 Å². The van der Waals surface area contributed by atoms with Gasteiger partial charge in [-0.2, -0.15) is 0 Å². The molecule has 3 aromatic carbocycles. The summed E-state index contributed by atoms with van der Waals surface area (Å²) in [6.07, 6.45) is 0.317. The largest absolute Gasteiger partial charge is 0.493 e. The van der Waals surface area contributed by atoms with Crippen LogP contribution >= 0.6 is 0 Å². The van der Waals surface area contributed by atoms with Crippen LogP contribution in [0.4, 0.5) is 0 Å². The highest BCUT2D eigenvalue weighted by Gasteiger charge is 2.25. The fourth-order valence-electron chi connectivity index (χ4n) is 3.43. The first-order valence-electron chi connectivity index (χ1n) is 9.69. The zero-order valence-corrected chi connectivity index (χ0v) is 17.5. The van der Waals surface area contributed by atoms with E-state index >= 15 is 0 Å². The molecule has 3 rings (SSSR count). The molecule has 156 valence electrons. The first-order chi connectivity index (χ1) is 14.5. The number of fused-ring (bicyclic) bond motifs is 1. The number of methoxy groups -OCH3 is 2. The van der Waals surface area contributed by atoms with Crippen LogP contribution in [0.15, 0.2) is 54.6 Å². The Morgan fingerprint density at radius 1 is 0.933 bits per heavy atom. The predicted molar refractivity (Wildman–Crippen MR) is 115 cm³/mol. The number of ether oxygens (including phenoxy) is 3. The Kier molecular flexibility index (Phi) is 6.57. The first-order valence-corrected chi connectivity index (χ1v) is 9.69. The fourth-order valence-corrected chi connectivity index (χ4v) is 3.43. The van der Waals surface area contributed by atoms with Crippen molar-refractivity contribution in [2.24, 2.45) is 0 Å². The van der Waals surface area contributed by atoms with Gasteiger partial charge < -0.3 is 19.5 Å². The van der Waals surface area contributed by atoms with E-state index in [0.29, 0.717) is 29.2 Å². The lowest BCUT2D eigenvalue weighted by atomic mass is 9.92. The smallest absolute Gasteiger partial charge is 0.308 e. The van der Waals surface area contributed by atoms with Gasteiger partial charge in [0.1, 0.15) is 5.75 Å². The third-order valence-corrected chi connectivity index (χ3v) is 4.84. The number of carbonyl (C=O) groups excluding carboxylic acids is 2. The van der Waals surface area contributed by atoms with Crippen LogP contribution in [0.5, 0.6) is 17.2 Å². The van der Waals surface area contributed by atoms with E-state index in [4.69, 9.17) is 14.2 Å². The molecule has 0 saturated carbocycles. The Balaban J connectivity index is 2.27. The zero-order chi connectivity index (χ0) is 21.7. The fraction of sp³-hybridized carbons (Fsp3) is 0.250. The molecule has 0 fully saturated rings. The van der Waals surface area contributed by atoms with Crippen molar-refractivity contribution in [3.05, 3.63) is 65.7 Å². The van der Waals surface area contributed by atoms with Crippen molar-refractivity contribution < 1.29 is 23.8 Å². The van der Waals surface area contributed by atoms with Crippen LogP contribution in [-0.4, -0.2) is 26.1 Å². The maximum Gasteiger partial charge on any atom is 0.308 e. The van der Waals surface area contributed by atoms with E-state index in [1.54, 1.807) is 33.3 Å². The second-order valence-corrected chi connectivity index (χ2v) is 6.76. The molecular weight excluding hydrogens is 382 g/mol. The molecule has 1 N–H and O–H groups in total. The molecule has 0 unspecified atom stereocenters. The predicted octanol–water partition coefficient (Wildman–Crippen LogP) is 4.40. The summed E-state index contributed by atoms with van der Waals surface area (Å²) in [6, 6.07) is 16.3. The molecule has 0 aromatic heterocycles. The van der Waals surface area contributed by atoms with E-state index in [9.17, 15) is 9.59 Å². The summed E-state index contributed by atoms with van der Waals surface area (Å²) >= 11 is 0. The van der Waals surface area contributed by atoms with E-state index < -0.39 is 12.0 Å². The molecule has 1 atom stereocenters. The summed E-state index contributed by atoms with van der Waals surface area (Å²) in [5.41, 5.74) is 1.48. The van der Waals surface area contributed by atoms with Gasteiger partial charge in [-0.3, -0.25) is 9.59 Å². The summed E-state index contributed by atoms with van der Waals surface area (Å²) in [6.45, 7) is 3.14.